The van der Waals surface area contributed by atoms with Crippen LogP contribution in [0.3, 0.4) is 0 Å². The van der Waals surface area contributed by atoms with E-state index in [0.29, 0.717) is 5.92 Å². The highest BCUT2D eigenvalue weighted by atomic mass is 32.2. The molecule has 1 fully saturated rings. The van der Waals surface area contributed by atoms with Gasteiger partial charge in [-0.2, -0.15) is 0 Å². The first-order valence-corrected chi connectivity index (χ1v) is 8.02. The number of benzene rings is 1. The molecular weight excluding hydrogens is 234 g/mol. The van der Waals surface area contributed by atoms with Crippen LogP contribution in [-0.4, -0.2) is 20.7 Å². The number of hydrogen-bond donors (Lipinski definition) is 0. The molecule has 0 saturated heterocycles. The first-order valence-electron chi connectivity index (χ1n) is 6.17. The molecule has 2 aliphatic rings. The van der Waals surface area contributed by atoms with Gasteiger partial charge in [0.25, 0.3) is 0 Å². The third-order valence-corrected chi connectivity index (χ3v) is 5.14. The molecule has 1 saturated carbocycles. The number of para-hydroxylation sites is 1. The Morgan fingerprint density at radius 1 is 1.18 bits per heavy atom. The monoisotopic (exact) mass is 251 g/mol. The fraction of sp³-hybridized carbons (Fsp3) is 0.538. The summed E-state index contributed by atoms with van der Waals surface area (Å²) in [6.07, 6.45) is 5.79. The van der Waals surface area contributed by atoms with Gasteiger partial charge < -0.3 is 0 Å². The van der Waals surface area contributed by atoms with Crippen LogP contribution in [0.2, 0.25) is 0 Å². The average molecular weight is 251 g/mol. The lowest BCUT2D eigenvalue weighted by Crippen LogP contribution is -2.39. The van der Waals surface area contributed by atoms with Gasteiger partial charge in [-0.25, -0.2) is 8.42 Å². The van der Waals surface area contributed by atoms with Crippen LogP contribution in [0.25, 0.3) is 0 Å². The molecular formula is C13H17NO2S. The first-order chi connectivity index (χ1) is 8.09. The minimum absolute atomic E-state index is 0.163. The van der Waals surface area contributed by atoms with Crippen LogP contribution in [0.4, 0.5) is 5.69 Å². The number of nitrogens with zero attached hydrogens (tertiary/aromatic N) is 1. The summed E-state index contributed by atoms with van der Waals surface area (Å²) < 4.78 is 25.6. The highest BCUT2D eigenvalue weighted by molar-refractivity contribution is 7.92. The lowest BCUT2D eigenvalue weighted by molar-refractivity contribution is 0.405. The van der Waals surface area contributed by atoms with E-state index in [9.17, 15) is 8.42 Å². The van der Waals surface area contributed by atoms with E-state index >= 15 is 0 Å². The van der Waals surface area contributed by atoms with Crippen LogP contribution in [0, 0.1) is 0 Å². The zero-order valence-electron chi connectivity index (χ0n) is 9.96. The summed E-state index contributed by atoms with van der Waals surface area (Å²) in [6.45, 7) is 0. The summed E-state index contributed by atoms with van der Waals surface area (Å²) in [5, 5.41) is 0. The largest absolute Gasteiger partial charge is 0.267 e. The van der Waals surface area contributed by atoms with Crippen molar-refractivity contribution < 1.29 is 8.42 Å². The topological polar surface area (TPSA) is 37.4 Å². The van der Waals surface area contributed by atoms with Crippen molar-refractivity contribution in [1.82, 2.24) is 0 Å². The fourth-order valence-corrected chi connectivity index (χ4v) is 4.63. The van der Waals surface area contributed by atoms with Gasteiger partial charge in [-0.15, -0.1) is 0 Å². The summed E-state index contributed by atoms with van der Waals surface area (Å²) in [6, 6.07) is 8.12. The molecule has 92 valence electrons. The summed E-state index contributed by atoms with van der Waals surface area (Å²) in [4.78, 5) is 0. The van der Waals surface area contributed by atoms with Crippen LogP contribution >= 0.6 is 0 Å². The molecule has 4 heteroatoms. The molecule has 1 aromatic rings. The molecule has 17 heavy (non-hydrogen) atoms. The minimum atomic E-state index is -3.15. The van der Waals surface area contributed by atoms with Crippen molar-refractivity contribution in [2.45, 2.75) is 37.6 Å². The van der Waals surface area contributed by atoms with E-state index in [0.717, 1.165) is 24.9 Å². The van der Waals surface area contributed by atoms with Gasteiger partial charge in [-0.05, 0) is 24.5 Å². The lowest BCUT2D eigenvalue weighted by atomic mass is 9.83. The van der Waals surface area contributed by atoms with Crippen molar-refractivity contribution in [3.63, 3.8) is 0 Å². The highest BCUT2D eigenvalue weighted by Crippen LogP contribution is 2.48. The fourth-order valence-electron chi connectivity index (χ4n) is 3.36. The Balaban J connectivity index is 2.15. The molecule has 0 bridgehead atoms. The quantitative estimate of drug-likeness (QED) is 0.769. The highest BCUT2D eigenvalue weighted by Gasteiger charge is 2.43. The zero-order chi connectivity index (χ0) is 12.0. The maximum absolute atomic E-state index is 12.0. The molecule has 1 aliphatic heterocycles. The van der Waals surface area contributed by atoms with Gasteiger partial charge in [0.15, 0.2) is 0 Å². The molecule has 1 unspecified atom stereocenters. The van der Waals surface area contributed by atoms with Crippen molar-refractivity contribution >= 4 is 15.7 Å². The van der Waals surface area contributed by atoms with E-state index in [1.165, 1.54) is 18.2 Å². The third kappa shape index (κ3) is 1.66. The standard InChI is InChI=1S/C13H17NO2S/c1-17(15,16)14-12-8-4-2-6-10(12)11-7-3-5-9-13(11)14/h2,4,6,8,11,13H,3,5,7,9H2,1H3/t11?,13-/m0/s1. The molecule has 0 N–H and O–H groups in total. The van der Waals surface area contributed by atoms with E-state index in [4.69, 9.17) is 0 Å². The Bertz CT molecular complexity index is 538. The third-order valence-electron chi connectivity index (χ3n) is 3.96. The van der Waals surface area contributed by atoms with E-state index < -0.39 is 10.0 Å². The predicted octanol–water partition coefficient (Wildman–Crippen LogP) is 2.49. The molecule has 3 nitrogen and oxygen atoms in total. The average Bonchev–Trinajstić information content (AvgIpc) is 2.63. The molecule has 0 spiro atoms. The Hall–Kier alpha value is -1.03. The van der Waals surface area contributed by atoms with Gasteiger partial charge in [0.2, 0.25) is 10.0 Å². The number of sulfonamides is 1. The predicted molar refractivity (Wildman–Crippen MR) is 68.8 cm³/mol. The van der Waals surface area contributed by atoms with Crippen LogP contribution in [0.15, 0.2) is 24.3 Å². The van der Waals surface area contributed by atoms with Crippen LogP contribution in [0.5, 0.6) is 0 Å². The number of fused-ring (bicyclic) bond motifs is 3. The second-order valence-electron chi connectivity index (χ2n) is 5.08. The van der Waals surface area contributed by atoms with Crippen molar-refractivity contribution in [2.75, 3.05) is 10.6 Å². The second kappa shape index (κ2) is 3.73. The SMILES string of the molecule is CS(=O)(=O)N1c2ccccc2C2CCCC[C@@H]21. The minimum Gasteiger partial charge on any atom is -0.267 e. The molecule has 1 heterocycles. The Labute approximate surface area is 102 Å². The summed E-state index contributed by atoms with van der Waals surface area (Å²) >= 11 is 0. The molecule has 3 rings (SSSR count). The number of rotatable bonds is 1. The van der Waals surface area contributed by atoms with Gasteiger partial charge in [0, 0.05) is 5.92 Å². The summed E-state index contributed by atoms with van der Waals surface area (Å²) in [7, 11) is -3.15. The Morgan fingerprint density at radius 3 is 2.65 bits per heavy atom. The first kappa shape index (κ1) is 11.1. The van der Waals surface area contributed by atoms with E-state index in [1.54, 1.807) is 4.31 Å². The lowest BCUT2D eigenvalue weighted by Gasteiger charge is -2.31. The smallest absolute Gasteiger partial charge is 0.232 e. The van der Waals surface area contributed by atoms with Crippen molar-refractivity contribution in [3.05, 3.63) is 29.8 Å². The Morgan fingerprint density at radius 2 is 1.88 bits per heavy atom. The zero-order valence-corrected chi connectivity index (χ0v) is 10.8. The molecule has 1 aliphatic carbocycles. The second-order valence-corrected chi connectivity index (χ2v) is 6.94. The maximum Gasteiger partial charge on any atom is 0.232 e. The number of hydrogen-bond acceptors (Lipinski definition) is 2. The van der Waals surface area contributed by atoms with Crippen molar-refractivity contribution in [2.24, 2.45) is 0 Å². The van der Waals surface area contributed by atoms with Gasteiger partial charge >= 0.3 is 0 Å². The van der Waals surface area contributed by atoms with Gasteiger partial charge in [-0.3, -0.25) is 4.31 Å². The van der Waals surface area contributed by atoms with Crippen LogP contribution in [0.1, 0.15) is 37.2 Å². The Kier molecular flexibility index (Phi) is 2.43. The van der Waals surface area contributed by atoms with E-state index in [2.05, 4.69) is 6.07 Å². The summed E-state index contributed by atoms with van der Waals surface area (Å²) in [5.74, 6) is 0.412. The van der Waals surface area contributed by atoms with E-state index in [1.807, 2.05) is 18.2 Å². The van der Waals surface area contributed by atoms with Gasteiger partial charge in [-0.1, -0.05) is 31.0 Å². The molecule has 2 atom stereocenters. The summed E-state index contributed by atoms with van der Waals surface area (Å²) in [5.41, 5.74) is 2.13. The normalized spacial score (nSPS) is 27.7. The van der Waals surface area contributed by atoms with Crippen LogP contribution in [-0.2, 0) is 10.0 Å². The van der Waals surface area contributed by atoms with Gasteiger partial charge in [0.1, 0.15) is 0 Å². The number of anilines is 1. The molecule has 1 aromatic carbocycles. The molecule has 0 amide bonds. The maximum atomic E-state index is 12.0. The van der Waals surface area contributed by atoms with Crippen LogP contribution < -0.4 is 4.31 Å². The molecule has 0 radical (unpaired) electrons. The molecule has 0 aromatic heterocycles. The van der Waals surface area contributed by atoms with Crippen molar-refractivity contribution in [1.29, 1.82) is 0 Å². The van der Waals surface area contributed by atoms with Gasteiger partial charge in [0.05, 0.1) is 18.0 Å². The van der Waals surface area contributed by atoms with Crippen molar-refractivity contribution in [3.8, 4) is 0 Å². The van der Waals surface area contributed by atoms with E-state index in [-0.39, 0.29) is 6.04 Å².